The Hall–Kier alpha value is -1.96. The van der Waals surface area contributed by atoms with Crippen molar-refractivity contribution in [3.8, 4) is 0 Å². The summed E-state index contributed by atoms with van der Waals surface area (Å²) in [5.74, 6) is -0.756. The largest absolute Gasteiger partial charge is 0.352 e. The van der Waals surface area contributed by atoms with Crippen molar-refractivity contribution in [1.29, 1.82) is 0 Å². The molecule has 2 heterocycles. The maximum atomic E-state index is 12.5. The molecule has 1 fully saturated rings. The second-order valence-electron chi connectivity index (χ2n) is 7.08. The molecule has 0 atom stereocenters. The highest BCUT2D eigenvalue weighted by Crippen LogP contribution is 2.24. The van der Waals surface area contributed by atoms with Crippen molar-refractivity contribution in [2.75, 3.05) is 45.8 Å². The van der Waals surface area contributed by atoms with Crippen molar-refractivity contribution in [2.45, 2.75) is 26.2 Å². The highest BCUT2D eigenvalue weighted by atomic mass is 35.5. The van der Waals surface area contributed by atoms with Crippen molar-refractivity contribution < 1.29 is 14.4 Å². The monoisotopic (exact) mass is 408 g/mol. The number of halogens is 1. The van der Waals surface area contributed by atoms with Gasteiger partial charge in [0.05, 0.1) is 11.1 Å². The van der Waals surface area contributed by atoms with Crippen LogP contribution in [-0.4, -0.2) is 73.3 Å². The van der Waals surface area contributed by atoms with Gasteiger partial charge in [-0.3, -0.25) is 19.3 Å². The third kappa shape index (κ3) is 5.10. The Balaban J connectivity index is 0.00000280. The Labute approximate surface area is 172 Å². The third-order valence-electron chi connectivity index (χ3n) is 5.11. The van der Waals surface area contributed by atoms with Crippen molar-refractivity contribution in [2.24, 2.45) is 0 Å². The van der Waals surface area contributed by atoms with E-state index in [1.165, 1.54) is 4.90 Å². The van der Waals surface area contributed by atoms with Gasteiger partial charge in [0.2, 0.25) is 0 Å². The van der Waals surface area contributed by atoms with Crippen molar-refractivity contribution in [1.82, 2.24) is 20.4 Å². The number of hydrogen-bond donors (Lipinski definition) is 2. The first-order chi connectivity index (χ1) is 13.1. The molecule has 7 nitrogen and oxygen atoms in total. The summed E-state index contributed by atoms with van der Waals surface area (Å²) in [7, 11) is 0. The molecular formula is C20H29ClN4O3. The van der Waals surface area contributed by atoms with Gasteiger partial charge in [-0.15, -0.1) is 12.4 Å². The van der Waals surface area contributed by atoms with Crippen LogP contribution in [0.1, 0.15) is 57.3 Å². The van der Waals surface area contributed by atoms with Gasteiger partial charge in [0.1, 0.15) is 0 Å². The first-order valence-corrected chi connectivity index (χ1v) is 9.83. The molecule has 154 valence electrons. The predicted molar refractivity (Wildman–Crippen MR) is 110 cm³/mol. The summed E-state index contributed by atoms with van der Waals surface area (Å²) in [6.45, 7) is 8.12. The molecule has 3 amide bonds. The number of benzene rings is 1. The third-order valence-corrected chi connectivity index (χ3v) is 5.11. The lowest BCUT2D eigenvalue weighted by Crippen LogP contribution is -2.44. The van der Waals surface area contributed by atoms with Gasteiger partial charge in [-0.1, -0.05) is 13.3 Å². The number of nitrogens with one attached hydrogen (secondary N) is 2. The molecule has 8 heteroatoms. The second-order valence-corrected chi connectivity index (χ2v) is 7.08. The minimum atomic E-state index is -0.295. The van der Waals surface area contributed by atoms with Crippen molar-refractivity contribution in [3.63, 3.8) is 0 Å². The van der Waals surface area contributed by atoms with Crippen LogP contribution in [0.4, 0.5) is 0 Å². The summed E-state index contributed by atoms with van der Waals surface area (Å²) in [5, 5.41) is 6.23. The molecule has 2 aliphatic rings. The van der Waals surface area contributed by atoms with Crippen LogP contribution in [0.3, 0.4) is 0 Å². The van der Waals surface area contributed by atoms with Crippen LogP contribution >= 0.6 is 12.4 Å². The Morgan fingerprint density at radius 1 is 1.07 bits per heavy atom. The van der Waals surface area contributed by atoms with E-state index >= 15 is 0 Å². The lowest BCUT2D eigenvalue weighted by molar-refractivity contribution is 0.0652. The average molecular weight is 409 g/mol. The van der Waals surface area contributed by atoms with E-state index in [4.69, 9.17) is 0 Å². The van der Waals surface area contributed by atoms with Gasteiger partial charge in [0.25, 0.3) is 17.7 Å². The van der Waals surface area contributed by atoms with E-state index in [9.17, 15) is 14.4 Å². The number of carbonyl (C=O) groups is 3. The summed E-state index contributed by atoms with van der Waals surface area (Å²) in [4.78, 5) is 40.9. The van der Waals surface area contributed by atoms with Crippen LogP contribution in [0.5, 0.6) is 0 Å². The molecule has 0 unspecified atom stereocenters. The van der Waals surface area contributed by atoms with Gasteiger partial charge in [0.15, 0.2) is 0 Å². The smallest absolute Gasteiger partial charge is 0.261 e. The second kappa shape index (κ2) is 10.5. The normalized spacial score (nSPS) is 16.7. The quantitative estimate of drug-likeness (QED) is 0.503. The maximum absolute atomic E-state index is 12.5. The minimum Gasteiger partial charge on any atom is -0.352 e. The molecule has 3 rings (SSSR count). The van der Waals surface area contributed by atoms with Crippen LogP contribution in [0, 0.1) is 0 Å². The number of piperazine rings is 1. The molecule has 0 radical (unpaired) electrons. The molecule has 0 aliphatic carbocycles. The molecule has 0 aromatic heterocycles. The molecular weight excluding hydrogens is 380 g/mol. The highest BCUT2D eigenvalue weighted by molar-refractivity contribution is 6.22. The van der Waals surface area contributed by atoms with Crippen LogP contribution in [0.25, 0.3) is 0 Å². The molecule has 2 N–H and O–H groups in total. The Morgan fingerprint density at radius 2 is 1.79 bits per heavy atom. The molecule has 0 bridgehead atoms. The Morgan fingerprint density at radius 3 is 2.50 bits per heavy atom. The number of unbranched alkanes of at least 4 members (excludes halogenated alkanes) is 1. The number of amides is 3. The van der Waals surface area contributed by atoms with Gasteiger partial charge in [0, 0.05) is 44.8 Å². The lowest BCUT2D eigenvalue weighted by Gasteiger charge is -2.27. The van der Waals surface area contributed by atoms with E-state index in [2.05, 4.69) is 15.5 Å². The number of carbonyl (C=O) groups excluding carboxylic acids is 3. The average Bonchev–Trinajstić information content (AvgIpc) is 2.94. The van der Waals surface area contributed by atoms with Gasteiger partial charge in [-0.25, -0.2) is 0 Å². The number of imide groups is 1. The fraction of sp³-hybridized carbons (Fsp3) is 0.550. The van der Waals surface area contributed by atoms with Crippen LogP contribution in [-0.2, 0) is 0 Å². The SMILES string of the molecule is CCCCN1C(=O)c2ccc(C(=O)NCCCN3CCNCC3)cc2C1=O.Cl. The van der Waals surface area contributed by atoms with Gasteiger partial charge >= 0.3 is 0 Å². The zero-order valence-electron chi connectivity index (χ0n) is 16.3. The summed E-state index contributed by atoms with van der Waals surface area (Å²) in [6.07, 6.45) is 2.58. The molecule has 0 saturated carbocycles. The molecule has 1 aromatic rings. The van der Waals surface area contributed by atoms with Gasteiger partial charge in [-0.2, -0.15) is 0 Å². The number of fused-ring (bicyclic) bond motifs is 1. The highest BCUT2D eigenvalue weighted by Gasteiger charge is 2.35. The molecule has 0 spiro atoms. The van der Waals surface area contributed by atoms with Crippen molar-refractivity contribution in [3.05, 3.63) is 34.9 Å². The van der Waals surface area contributed by atoms with Gasteiger partial charge < -0.3 is 15.5 Å². The summed E-state index contributed by atoms with van der Waals surface area (Å²) >= 11 is 0. The number of hydrogen-bond acceptors (Lipinski definition) is 5. The van der Waals surface area contributed by atoms with Crippen LogP contribution < -0.4 is 10.6 Å². The summed E-state index contributed by atoms with van der Waals surface area (Å²) in [6, 6.07) is 4.77. The fourth-order valence-corrected chi connectivity index (χ4v) is 3.49. The number of nitrogens with zero attached hydrogens (tertiary/aromatic N) is 2. The van der Waals surface area contributed by atoms with E-state index in [1.807, 2.05) is 6.92 Å². The topological polar surface area (TPSA) is 81.8 Å². The Bertz CT molecular complexity index is 719. The van der Waals surface area contributed by atoms with Crippen LogP contribution in [0.2, 0.25) is 0 Å². The first kappa shape index (κ1) is 22.3. The van der Waals surface area contributed by atoms with Gasteiger partial charge in [-0.05, 0) is 37.6 Å². The van der Waals surface area contributed by atoms with E-state index in [0.717, 1.165) is 52.0 Å². The van der Waals surface area contributed by atoms with Crippen LogP contribution in [0.15, 0.2) is 18.2 Å². The fourth-order valence-electron chi connectivity index (χ4n) is 3.49. The lowest BCUT2D eigenvalue weighted by atomic mass is 10.1. The van der Waals surface area contributed by atoms with Crippen molar-refractivity contribution >= 4 is 30.1 Å². The molecule has 28 heavy (non-hydrogen) atoms. The summed E-state index contributed by atoms with van der Waals surface area (Å²) < 4.78 is 0. The molecule has 1 saturated heterocycles. The van der Waals surface area contributed by atoms with E-state index in [1.54, 1.807) is 18.2 Å². The summed E-state index contributed by atoms with van der Waals surface area (Å²) in [5.41, 5.74) is 1.16. The zero-order chi connectivity index (χ0) is 19.2. The molecule has 2 aliphatic heterocycles. The van der Waals surface area contributed by atoms with E-state index in [0.29, 0.717) is 29.8 Å². The van der Waals surface area contributed by atoms with E-state index < -0.39 is 0 Å². The number of rotatable bonds is 8. The Kier molecular flexibility index (Phi) is 8.41. The predicted octanol–water partition coefficient (Wildman–Crippen LogP) is 1.53. The minimum absolute atomic E-state index is 0. The molecule has 1 aromatic carbocycles. The standard InChI is InChI=1S/C20H28N4O3.ClH/c1-2-3-11-24-19(26)16-6-5-15(14-17(16)20(24)27)18(25)22-7-4-10-23-12-8-21-9-13-23;/h5-6,14,21H,2-4,7-13H2,1H3,(H,22,25);1H. The van der Waals surface area contributed by atoms with E-state index in [-0.39, 0.29) is 30.1 Å². The zero-order valence-corrected chi connectivity index (χ0v) is 17.1. The maximum Gasteiger partial charge on any atom is 0.261 e. The first-order valence-electron chi connectivity index (χ1n) is 9.83.